The van der Waals surface area contributed by atoms with Crippen molar-refractivity contribution in [2.45, 2.75) is 25.8 Å². The van der Waals surface area contributed by atoms with E-state index in [1.165, 1.54) is 16.0 Å². The quantitative estimate of drug-likeness (QED) is 0.620. The largest absolute Gasteiger partial charge is 0.484 e. The molecule has 0 saturated heterocycles. The second kappa shape index (κ2) is 9.31. The molecule has 0 spiro atoms. The second-order valence-corrected chi connectivity index (χ2v) is 7.32. The Kier molecular flexibility index (Phi) is 6.13. The highest BCUT2D eigenvalue weighted by molar-refractivity contribution is 5.94. The number of aryl methyl sites for hydroxylation is 2. The van der Waals surface area contributed by atoms with Crippen molar-refractivity contribution >= 4 is 17.5 Å². The Morgan fingerprint density at radius 3 is 2.63 bits per heavy atom. The summed E-state index contributed by atoms with van der Waals surface area (Å²) in [6.45, 7) is -0.0400. The molecule has 0 atom stereocenters. The zero-order valence-electron chi connectivity index (χ0n) is 16.7. The van der Waals surface area contributed by atoms with E-state index in [0.717, 1.165) is 19.3 Å². The van der Waals surface area contributed by atoms with Gasteiger partial charge in [-0.2, -0.15) is 0 Å². The van der Waals surface area contributed by atoms with E-state index in [1.54, 1.807) is 30.5 Å². The van der Waals surface area contributed by atoms with Gasteiger partial charge in [0.2, 0.25) is 5.91 Å². The van der Waals surface area contributed by atoms with Gasteiger partial charge in [0.25, 0.3) is 5.91 Å². The maximum atomic E-state index is 12.8. The summed E-state index contributed by atoms with van der Waals surface area (Å²) in [5, 5.41) is 2.80. The van der Waals surface area contributed by atoms with Crippen LogP contribution in [0.15, 0.2) is 71.3 Å². The monoisotopic (exact) mass is 404 g/mol. The number of anilines is 1. The van der Waals surface area contributed by atoms with Crippen molar-refractivity contribution < 1.29 is 18.7 Å². The molecule has 0 saturated carbocycles. The first-order valence-corrected chi connectivity index (χ1v) is 10.1. The van der Waals surface area contributed by atoms with Crippen molar-refractivity contribution in [3.05, 3.63) is 83.8 Å². The lowest BCUT2D eigenvalue weighted by Gasteiger charge is -2.21. The minimum atomic E-state index is -0.282. The molecular weight excluding hydrogens is 380 g/mol. The van der Waals surface area contributed by atoms with E-state index in [4.69, 9.17) is 9.15 Å². The average Bonchev–Trinajstić information content (AvgIpc) is 3.43. The molecule has 30 heavy (non-hydrogen) atoms. The topological polar surface area (TPSA) is 71.8 Å². The Bertz CT molecular complexity index is 999. The van der Waals surface area contributed by atoms with Gasteiger partial charge in [-0.15, -0.1) is 0 Å². The first kappa shape index (κ1) is 19.8. The van der Waals surface area contributed by atoms with Crippen molar-refractivity contribution in [1.82, 2.24) is 4.90 Å². The van der Waals surface area contributed by atoms with Gasteiger partial charge in [-0.25, -0.2) is 0 Å². The maximum absolute atomic E-state index is 12.8. The van der Waals surface area contributed by atoms with Crippen LogP contribution in [-0.4, -0.2) is 29.9 Å². The average molecular weight is 404 g/mol. The molecule has 1 N–H and O–H groups in total. The summed E-state index contributed by atoms with van der Waals surface area (Å²) >= 11 is 0. The molecule has 1 aliphatic carbocycles. The van der Waals surface area contributed by atoms with Crippen LogP contribution in [-0.2, 0) is 29.0 Å². The smallest absolute Gasteiger partial charge is 0.261 e. The van der Waals surface area contributed by atoms with E-state index in [0.29, 0.717) is 17.2 Å². The van der Waals surface area contributed by atoms with E-state index in [9.17, 15) is 9.59 Å². The van der Waals surface area contributed by atoms with Crippen molar-refractivity contribution in [2.75, 3.05) is 18.5 Å². The van der Waals surface area contributed by atoms with Crippen molar-refractivity contribution in [3.8, 4) is 5.75 Å². The fourth-order valence-corrected chi connectivity index (χ4v) is 3.59. The van der Waals surface area contributed by atoms with Crippen LogP contribution in [0.2, 0.25) is 0 Å². The van der Waals surface area contributed by atoms with Crippen molar-refractivity contribution in [3.63, 3.8) is 0 Å². The van der Waals surface area contributed by atoms with Crippen molar-refractivity contribution in [1.29, 1.82) is 0 Å². The Balaban J connectivity index is 1.39. The van der Waals surface area contributed by atoms with Crippen LogP contribution in [0.1, 0.15) is 23.3 Å². The molecule has 0 unspecified atom stereocenters. The Hall–Kier alpha value is -3.54. The lowest BCUT2D eigenvalue weighted by molar-refractivity contribution is -0.137. The fraction of sp³-hybridized carbons (Fsp3) is 0.250. The van der Waals surface area contributed by atoms with Crippen molar-refractivity contribution in [2.24, 2.45) is 0 Å². The molecule has 0 bridgehead atoms. The standard InChI is InChI=1S/C24H24N2O4/c27-23(25-20-8-2-1-3-9-20)16-26(15-22-10-5-13-29-22)24(28)17-30-21-12-11-18-6-4-7-19(18)14-21/h1-3,5,8-14H,4,6-7,15-17H2,(H,25,27). The van der Waals surface area contributed by atoms with Gasteiger partial charge in [-0.3, -0.25) is 9.59 Å². The first-order chi connectivity index (χ1) is 14.7. The number of nitrogens with zero attached hydrogens (tertiary/aromatic N) is 1. The van der Waals surface area contributed by atoms with E-state index >= 15 is 0 Å². The van der Waals surface area contributed by atoms with Gasteiger partial charge in [0, 0.05) is 5.69 Å². The molecule has 1 heterocycles. The Morgan fingerprint density at radius 2 is 1.83 bits per heavy atom. The predicted octanol–water partition coefficient (Wildman–Crippen LogP) is 3.81. The number of hydrogen-bond donors (Lipinski definition) is 1. The minimum absolute atomic E-state index is 0.0953. The molecule has 4 rings (SSSR count). The summed E-state index contributed by atoms with van der Waals surface area (Å²) in [5.74, 6) is 0.720. The van der Waals surface area contributed by atoms with Gasteiger partial charge in [-0.05, 0) is 66.8 Å². The molecular formula is C24H24N2O4. The van der Waals surface area contributed by atoms with Gasteiger partial charge in [0.05, 0.1) is 12.8 Å². The zero-order chi connectivity index (χ0) is 20.8. The number of ether oxygens (including phenoxy) is 1. The number of hydrogen-bond acceptors (Lipinski definition) is 4. The Labute approximate surface area is 175 Å². The number of furan rings is 1. The second-order valence-electron chi connectivity index (χ2n) is 7.32. The zero-order valence-corrected chi connectivity index (χ0v) is 16.7. The summed E-state index contributed by atoms with van der Waals surface area (Å²) in [5.41, 5.74) is 3.32. The lowest BCUT2D eigenvalue weighted by Crippen LogP contribution is -2.40. The molecule has 154 valence electrons. The Morgan fingerprint density at radius 1 is 1.00 bits per heavy atom. The molecule has 0 fully saturated rings. The summed E-state index contributed by atoms with van der Waals surface area (Å²) in [6, 6.07) is 18.7. The number of fused-ring (bicyclic) bond motifs is 1. The van der Waals surface area contributed by atoms with Crippen LogP contribution in [0.3, 0.4) is 0 Å². The highest BCUT2D eigenvalue weighted by Gasteiger charge is 2.20. The number of nitrogens with one attached hydrogen (secondary N) is 1. The third-order valence-electron chi connectivity index (χ3n) is 5.10. The summed E-state index contributed by atoms with van der Waals surface area (Å²) in [4.78, 5) is 26.8. The third-order valence-corrected chi connectivity index (χ3v) is 5.10. The summed E-state index contributed by atoms with van der Waals surface area (Å²) in [6.07, 6.45) is 4.85. The van der Waals surface area contributed by atoms with E-state index in [-0.39, 0.29) is 31.5 Å². The highest BCUT2D eigenvalue weighted by atomic mass is 16.5. The van der Waals surface area contributed by atoms with Crippen LogP contribution in [0.25, 0.3) is 0 Å². The van der Waals surface area contributed by atoms with Gasteiger partial charge < -0.3 is 19.4 Å². The van der Waals surface area contributed by atoms with Crippen LogP contribution in [0.5, 0.6) is 5.75 Å². The molecule has 3 aromatic rings. The van der Waals surface area contributed by atoms with E-state index in [1.807, 2.05) is 30.3 Å². The van der Waals surface area contributed by atoms with Gasteiger partial charge in [0.15, 0.2) is 6.61 Å². The summed E-state index contributed by atoms with van der Waals surface area (Å²) < 4.78 is 11.1. The van der Waals surface area contributed by atoms with E-state index < -0.39 is 0 Å². The van der Waals surface area contributed by atoms with Gasteiger partial charge in [0.1, 0.15) is 18.1 Å². The van der Waals surface area contributed by atoms with Crippen LogP contribution in [0, 0.1) is 0 Å². The fourth-order valence-electron chi connectivity index (χ4n) is 3.59. The number of amides is 2. The minimum Gasteiger partial charge on any atom is -0.484 e. The number of carbonyl (C=O) groups is 2. The number of para-hydroxylation sites is 1. The SMILES string of the molecule is O=C(CN(Cc1ccco1)C(=O)COc1ccc2c(c1)CCC2)Nc1ccccc1. The third kappa shape index (κ3) is 5.08. The van der Waals surface area contributed by atoms with Crippen LogP contribution < -0.4 is 10.1 Å². The summed E-state index contributed by atoms with van der Waals surface area (Å²) in [7, 11) is 0. The molecule has 6 heteroatoms. The number of carbonyl (C=O) groups excluding carboxylic acids is 2. The molecule has 1 aliphatic rings. The first-order valence-electron chi connectivity index (χ1n) is 10.1. The normalized spacial score (nSPS) is 12.3. The number of benzene rings is 2. The van der Waals surface area contributed by atoms with E-state index in [2.05, 4.69) is 11.4 Å². The number of rotatable bonds is 8. The molecule has 1 aromatic heterocycles. The van der Waals surface area contributed by atoms with Gasteiger partial charge in [-0.1, -0.05) is 24.3 Å². The predicted molar refractivity (Wildman–Crippen MR) is 113 cm³/mol. The maximum Gasteiger partial charge on any atom is 0.261 e. The van der Waals surface area contributed by atoms with Gasteiger partial charge >= 0.3 is 0 Å². The molecule has 6 nitrogen and oxygen atoms in total. The lowest BCUT2D eigenvalue weighted by atomic mass is 10.1. The molecule has 0 radical (unpaired) electrons. The van der Waals surface area contributed by atoms with Crippen LogP contribution >= 0.6 is 0 Å². The van der Waals surface area contributed by atoms with Crippen LogP contribution in [0.4, 0.5) is 5.69 Å². The molecule has 0 aliphatic heterocycles. The molecule has 2 aromatic carbocycles. The highest BCUT2D eigenvalue weighted by Crippen LogP contribution is 2.26. The molecule has 2 amide bonds.